The second-order valence-electron chi connectivity index (χ2n) is 5.20. The van der Waals surface area contributed by atoms with Gasteiger partial charge in [0.05, 0.1) is 23.6 Å². The van der Waals surface area contributed by atoms with Gasteiger partial charge in [0.15, 0.2) is 0 Å². The molecule has 0 spiro atoms. The van der Waals surface area contributed by atoms with E-state index in [9.17, 15) is 9.18 Å². The Morgan fingerprint density at radius 2 is 2.19 bits per heavy atom. The molecule has 21 heavy (non-hydrogen) atoms. The molecule has 0 aromatic heterocycles. The number of ether oxygens (including phenoxy) is 1. The van der Waals surface area contributed by atoms with E-state index in [1.54, 1.807) is 6.07 Å². The molecule has 6 heteroatoms. The first kappa shape index (κ1) is 16.4. The number of benzene rings is 1. The minimum Gasteiger partial charge on any atom is -0.378 e. The molecule has 1 aliphatic heterocycles. The number of carbonyl (C=O) groups is 1. The van der Waals surface area contributed by atoms with Crippen LogP contribution in [0.3, 0.4) is 0 Å². The zero-order valence-corrected chi connectivity index (χ0v) is 13.6. The molecule has 1 heterocycles. The van der Waals surface area contributed by atoms with Gasteiger partial charge >= 0.3 is 0 Å². The largest absolute Gasteiger partial charge is 0.378 e. The second-order valence-corrected chi connectivity index (χ2v) is 6.05. The first-order valence-corrected chi connectivity index (χ1v) is 7.93. The lowest BCUT2D eigenvalue weighted by Crippen LogP contribution is -2.33. The van der Waals surface area contributed by atoms with Crippen LogP contribution in [0, 0.1) is 12.7 Å². The molecule has 0 atom stereocenters. The Balaban J connectivity index is 1.77. The van der Waals surface area contributed by atoms with Crippen LogP contribution in [0.4, 0.5) is 10.1 Å². The van der Waals surface area contributed by atoms with Crippen LogP contribution in [-0.4, -0.2) is 31.7 Å². The second kappa shape index (κ2) is 7.87. The fourth-order valence-corrected chi connectivity index (χ4v) is 2.73. The Hall–Kier alpha value is -0.980. The predicted molar refractivity (Wildman–Crippen MR) is 83.9 cm³/mol. The van der Waals surface area contributed by atoms with Crippen molar-refractivity contribution in [3.63, 3.8) is 0 Å². The highest BCUT2D eigenvalue weighted by Gasteiger charge is 2.14. The quantitative estimate of drug-likeness (QED) is 0.850. The van der Waals surface area contributed by atoms with Crippen LogP contribution in [0.2, 0.25) is 0 Å². The van der Waals surface area contributed by atoms with E-state index in [1.807, 2.05) is 6.92 Å². The van der Waals surface area contributed by atoms with E-state index in [-0.39, 0.29) is 24.2 Å². The summed E-state index contributed by atoms with van der Waals surface area (Å²) in [6, 6.07) is 2.97. The Morgan fingerprint density at radius 1 is 1.48 bits per heavy atom. The molecular formula is C15H20BrFN2O2. The highest BCUT2D eigenvalue weighted by molar-refractivity contribution is 9.10. The van der Waals surface area contributed by atoms with E-state index >= 15 is 0 Å². The fourth-order valence-electron chi connectivity index (χ4n) is 2.27. The topological polar surface area (TPSA) is 50.4 Å². The van der Waals surface area contributed by atoms with Gasteiger partial charge in [-0.1, -0.05) is 0 Å². The number of hydrogen-bond acceptors (Lipinski definition) is 3. The Morgan fingerprint density at radius 3 is 2.90 bits per heavy atom. The number of piperidine rings is 1. The van der Waals surface area contributed by atoms with Crippen molar-refractivity contribution in [2.45, 2.75) is 32.3 Å². The minimum atomic E-state index is -0.387. The van der Waals surface area contributed by atoms with Crippen LogP contribution in [-0.2, 0) is 9.53 Å². The van der Waals surface area contributed by atoms with Gasteiger partial charge in [0, 0.05) is 5.69 Å². The van der Waals surface area contributed by atoms with Crippen molar-refractivity contribution in [1.29, 1.82) is 0 Å². The molecule has 4 nitrogen and oxygen atoms in total. The van der Waals surface area contributed by atoms with Crippen molar-refractivity contribution >= 4 is 27.5 Å². The lowest BCUT2D eigenvalue weighted by Gasteiger charge is -2.22. The third kappa shape index (κ3) is 5.05. The number of rotatable bonds is 5. The molecule has 0 bridgehead atoms. The first-order valence-electron chi connectivity index (χ1n) is 7.14. The number of hydrogen-bond donors (Lipinski definition) is 2. The number of aryl methyl sites for hydroxylation is 1. The summed E-state index contributed by atoms with van der Waals surface area (Å²) < 4.78 is 19.6. The molecule has 1 fully saturated rings. The third-order valence-electron chi connectivity index (χ3n) is 3.51. The Kier molecular flexibility index (Phi) is 6.14. The van der Waals surface area contributed by atoms with Crippen molar-refractivity contribution in [2.24, 2.45) is 0 Å². The summed E-state index contributed by atoms with van der Waals surface area (Å²) in [6.07, 6.45) is 2.49. The van der Waals surface area contributed by atoms with Crippen LogP contribution >= 0.6 is 15.9 Å². The van der Waals surface area contributed by atoms with Crippen molar-refractivity contribution in [2.75, 3.05) is 25.0 Å². The Labute approximate surface area is 132 Å². The van der Waals surface area contributed by atoms with Crippen LogP contribution in [0.25, 0.3) is 0 Å². The average Bonchev–Trinajstić information content (AvgIpc) is 2.46. The summed E-state index contributed by atoms with van der Waals surface area (Å²) in [5, 5.41) is 5.99. The molecule has 0 saturated carbocycles. The van der Waals surface area contributed by atoms with Gasteiger partial charge in [-0.3, -0.25) is 4.79 Å². The maximum Gasteiger partial charge on any atom is 0.226 e. The standard InChI is InChI=1S/C15H20BrFN2O2/c1-10-8-12(16)13(17)9-14(10)19-15(20)4-7-21-11-2-5-18-6-3-11/h8-9,11,18H,2-7H2,1H3,(H,19,20). The number of nitrogens with one attached hydrogen (secondary N) is 2. The Bertz CT molecular complexity index is 505. The summed E-state index contributed by atoms with van der Waals surface area (Å²) in [5.74, 6) is -0.546. The summed E-state index contributed by atoms with van der Waals surface area (Å²) in [7, 11) is 0. The van der Waals surface area contributed by atoms with Crippen molar-refractivity contribution < 1.29 is 13.9 Å². The van der Waals surface area contributed by atoms with Gasteiger partial charge in [0.1, 0.15) is 5.82 Å². The van der Waals surface area contributed by atoms with Gasteiger partial charge in [0.2, 0.25) is 5.91 Å². The molecule has 1 saturated heterocycles. The smallest absolute Gasteiger partial charge is 0.226 e. The monoisotopic (exact) mass is 358 g/mol. The van der Waals surface area contributed by atoms with Crippen molar-refractivity contribution in [3.05, 3.63) is 28.0 Å². The zero-order chi connectivity index (χ0) is 15.2. The van der Waals surface area contributed by atoms with Crippen LogP contribution in [0.15, 0.2) is 16.6 Å². The molecule has 1 aromatic carbocycles. The molecule has 0 unspecified atom stereocenters. The normalized spacial score (nSPS) is 16.0. The highest BCUT2D eigenvalue weighted by Crippen LogP contribution is 2.24. The van der Waals surface area contributed by atoms with Crippen molar-refractivity contribution in [3.8, 4) is 0 Å². The molecule has 116 valence electrons. The van der Waals surface area contributed by atoms with Gasteiger partial charge in [-0.25, -0.2) is 4.39 Å². The number of carbonyl (C=O) groups excluding carboxylic acids is 1. The van der Waals surface area contributed by atoms with Gasteiger partial charge < -0.3 is 15.4 Å². The molecule has 2 N–H and O–H groups in total. The first-order chi connectivity index (χ1) is 10.1. The number of anilines is 1. The fraction of sp³-hybridized carbons (Fsp3) is 0.533. The average molecular weight is 359 g/mol. The van der Waals surface area contributed by atoms with Gasteiger partial charge in [-0.15, -0.1) is 0 Å². The summed E-state index contributed by atoms with van der Waals surface area (Å²) >= 11 is 3.12. The zero-order valence-electron chi connectivity index (χ0n) is 12.0. The van der Waals surface area contributed by atoms with E-state index in [0.717, 1.165) is 31.5 Å². The summed E-state index contributed by atoms with van der Waals surface area (Å²) in [5.41, 5.74) is 1.32. The van der Waals surface area contributed by atoms with Gasteiger partial charge in [0.25, 0.3) is 0 Å². The maximum atomic E-state index is 13.5. The molecule has 2 rings (SSSR count). The lowest BCUT2D eigenvalue weighted by atomic mass is 10.1. The van der Waals surface area contributed by atoms with Gasteiger partial charge in [-0.2, -0.15) is 0 Å². The highest BCUT2D eigenvalue weighted by atomic mass is 79.9. The number of halogens is 2. The number of amides is 1. The van der Waals surface area contributed by atoms with Gasteiger partial charge in [-0.05, 0) is 66.5 Å². The van der Waals surface area contributed by atoms with Crippen LogP contribution in [0.1, 0.15) is 24.8 Å². The minimum absolute atomic E-state index is 0.159. The van der Waals surface area contributed by atoms with Crippen LogP contribution in [0.5, 0.6) is 0 Å². The molecular weight excluding hydrogens is 339 g/mol. The predicted octanol–water partition coefficient (Wildman–Crippen LogP) is 2.99. The van der Waals surface area contributed by atoms with Crippen molar-refractivity contribution in [1.82, 2.24) is 5.32 Å². The molecule has 0 radical (unpaired) electrons. The lowest BCUT2D eigenvalue weighted by molar-refractivity contribution is -0.117. The molecule has 1 amide bonds. The maximum absolute atomic E-state index is 13.5. The van der Waals surface area contributed by atoms with E-state index in [0.29, 0.717) is 16.8 Å². The van der Waals surface area contributed by atoms with E-state index in [2.05, 4.69) is 26.6 Å². The SMILES string of the molecule is Cc1cc(Br)c(F)cc1NC(=O)CCOC1CCNCC1. The van der Waals surface area contributed by atoms with Crippen LogP contribution < -0.4 is 10.6 Å². The summed E-state index contributed by atoms with van der Waals surface area (Å²) in [6.45, 7) is 4.16. The molecule has 1 aliphatic rings. The molecule has 1 aromatic rings. The van der Waals surface area contributed by atoms with E-state index < -0.39 is 0 Å². The van der Waals surface area contributed by atoms with E-state index in [1.165, 1.54) is 6.07 Å². The third-order valence-corrected chi connectivity index (χ3v) is 4.12. The summed E-state index contributed by atoms with van der Waals surface area (Å²) in [4.78, 5) is 11.9. The van der Waals surface area contributed by atoms with E-state index in [4.69, 9.17) is 4.74 Å². The molecule has 0 aliphatic carbocycles.